The highest BCUT2D eigenvalue weighted by Crippen LogP contribution is 2.32. The molecule has 0 bridgehead atoms. The van der Waals surface area contributed by atoms with E-state index in [1.54, 1.807) is 11.8 Å². The zero-order valence-electron chi connectivity index (χ0n) is 21.3. The van der Waals surface area contributed by atoms with Gasteiger partial charge in [0.15, 0.2) is 0 Å². The third kappa shape index (κ3) is 10.4. The van der Waals surface area contributed by atoms with Gasteiger partial charge in [0.05, 0.1) is 19.1 Å². The van der Waals surface area contributed by atoms with Crippen LogP contribution >= 0.6 is 11.8 Å². The molecule has 2 aromatic carbocycles. The molecule has 0 amide bonds. The Morgan fingerprint density at radius 3 is 2.24 bits per heavy atom. The van der Waals surface area contributed by atoms with E-state index in [0.717, 1.165) is 24.3 Å². The molecule has 0 aliphatic rings. The molecule has 0 N–H and O–H groups in total. The third-order valence-electron chi connectivity index (χ3n) is 5.77. The molecule has 3 nitrogen and oxygen atoms in total. The minimum atomic E-state index is -0.425. The van der Waals surface area contributed by atoms with Gasteiger partial charge in [0.1, 0.15) is 5.60 Å². The first-order chi connectivity index (χ1) is 15.7. The van der Waals surface area contributed by atoms with E-state index in [1.165, 1.54) is 16.7 Å². The lowest BCUT2D eigenvalue weighted by Gasteiger charge is -2.22. The number of ether oxygens (including phenoxy) is 2. The quantitative estimate of drug-likeness (QED) is 0.223. The summed E-state index contributed by atoms with van der Waals surface area (Å²) in [5.74, 6) is 2.53. The fourth-order valence-electron chi connectivity index (χ4n) is 3.81. The predicted molar refractivity (Wildman–Crippen MR) is 141 cm³/mol. The van der Waals surface area contributed by atoms with E-state index in [1.807, 2.05) is 27.7 Å². The standard InChI is InChI=1S/C29H42O3S/c1-7-25(27-11-9-8-10-12-27)19-22(2)26-15-13-24(14-16-26)20-31-17-18-33-21-23(3)28(30)32-29(4,5)6/h8-16,22-23,25H,7,17-21H2,1-6H3. The zero-order valence-corrected chi connectivity index (χ0v) is 22.1. The van der Waals surface area contributed by atoms with Gasteiger partial charge in [0.2, 0.25) is 0 Å². The van der Waals surface area contributed by atoms with Gasteiger partial charge in [-0.05, 0) is 62.1 Å². The molecule has 0 aliphatic carbocycles. The second kappa shape index (κ2) is 13.8. The topological polar surface area (TPSA) is 35.5 Å². The SMILES string of the molecule is CCC(CC(C)c1ccc(COCCSCC(C)C(=O)OC(C)(C)C)cc1)c1ccccc1. The summed E-state index contributed by atoms with van der Waals surface area (Å²) in [5, 5.41) is 0. The van der Waals surface area contributed by atoms with E-state index in [2.05, 4.69) is 68.4 Å². The smallest absolute Gasteiger partial charge is 0.310 e. The molecule has 0 fully saturated rings. The highest BCUT2D eigenvalue weighted by molar-refractivity contribution is 7.99. The monoisotopic (exact) mass is 470 g/mol. The summed E-state index contributed by atoms with van der Waals surface area (Å²) >= 11 is 1.74. The Balaban J connectivity index is 1.68. The van der Waals surface area contributed by atoms with E-state index in [0.29, 0.717) is 25.0 Å². The van der Waals surface area contributed by atoms with Crippen molar-refractivity contribution in [1.82, 2.24) is 0 Å². The van der Waals surface area contributed by atoms with Gasteiger partial charge in [-0.15, -0.1) is 0 Å². The van der Waals surface area contributed by atoms with Gasteiger partial charge < -0.3 is 9.47 Å². The molecule has 0 heterocycles. The molecule has 4 heteroatoms. The van der Waals surface area contributed by atoms with Gasteiger partial charge in [-0.2, -0.15) is 11.8 Å². The van der Waals surface area contributed by atoms with Crippen molar-refractivity contribution in [3.63, 3.8) is 0 Å². The van der Waals surface area contributed by atoms with E-state index >= 15 is 0 Å². The summed E-state index contributed by atoms with van der Waals surface area (Å²) in [5.41, 5.74) is 3.61. The van der Waals surface area contributed by atoms with Gasteiger partial charge in [0.25, 0.3) is 0 Å². The normalized spacial score (nSPS) is 14.5. The molecule has 0 aliphatic heterocycles. The molecule has 0 saturated carbocycles. The van der Waals surface area contributed by atoms with Crippen LogP contribution in [0.4, 0.5) is 0 Å². The summed E-state index contributed by atoms with van der Waals surface area (Å²) in [7, 11) is 0. The van der Waals surface area contributed by atoms with E-state index < -0.39 is 5.60 Å². The van der Waals surface area contributed by atoms with Crippen LogP contribution in [0.15, 0.2) is 54.6 Å². The summed E-state index contributed by atoms with van der Waals surface area (Å²) in [6, 6.07) is 19.7. The summed E-state index contributed by atoms with van der Waals surface area (Å²) in [6.07, 6.45) is 2.32. The third-order valence-corrected chi connectivity index (χ3v) is 6.96. The molecule has 3 atom stereocenters. The molecule has 3 unspecified atom stereocenters. The molecular weight excluding hydrogens is 428 g/mol. The molecule has 2 aromatic rings. The average Bonchev–Trinajstić information content (AvgIpc) is 2.79. The lowest BCUT2D eigenvalue weighted by Crippen LogP contribution is -2.28. The summed E-state index contributed by atoms with van der Waals surface area (Å²) < 4.78 is 11.3. The summed E-state index contributed by atoms with van der Waals surface area (Å²) in [4.78, 5) is 12.0. The van der Waals surface area contributed by atoms with Crippen molar-refractivity contribution < 1.29 is 14.3 Å². The zero-order chi connectivity index (χ0) is 24.3. The lowest BCUT2D eigenvalue weighted by atomic mass is 9.84. The van der Waals surface area contributed by atoms with Crippen molar-refractivity contribution in [2.24, 2.45) is 5.92 Å². The second-order valence-electron chi connectivity index (χ2n) is 9.96. The fourth-order valence-corrected chi connectivity index (χ4v) is 4.70. The van der Waals surface area contributed by atoms with Crippen molar-refractivity contribution in [1.29, 1.82) is 0 Å². The van der Waals surface area contributed by atoms with Crippen LogP contribution in [-0.4, -0.2) is 29.7 Å². The van der Waals surface area contributed by atoms with Crippen molar-refractivity contribution >= 4 is 17.7 Å². The molecule has 0 spiro atoms. The molecule has 2 rings (SSSR count). The number of hydrogen-bond donors (Lipinski definition) is 0. The van der Waals surface area contributed by atoms with Crippen LogP contribution in [0.3, 0.4) is 0 Å². The van der Waals surface area contributed by atoms with Gasteiger partial charge in [0, 0.05) is 11.5 Å². The number of carbonyl (C=O) groups excluding carboxylic acids is 1. The molecule has 0 saturated heterocycles. The minimum absolute atomic E-state index is 0.0991. The van der Waals surface area contributed by atoms with Crippen LogP contribution in [0.2, 0.25) is 0 Å². The molecule has 0 aromatic heterocycles. The van der Waals surface area contributed by atoms with Gasteiger partial charge in [-0.3, -0.25) is 4.79 Å². The fraction of sp³-hybridized carbons (Fsp3) is 0.552. The lowest BCUT2D eigenvalue weighted by molar-refractivity contribution is -0.158. The van der Waals surface area contributed by atoms with Gasteiger partial charge >= 0.3 is 5.97 Å². The number of rotatable bonds is 13. The van der Waals surface area contributed by atoms with Gasteiger partial charge in [-0.25, -0.2) is 0 Å². The Morgan fingerprint density at radius 2 is 1.64 bits per heavy atom. The Hall–Kier alpha value is -1.78. The molecule has 182 valence electrons. The maximum atomic E-state index is 12.0. The van der Waals surface area contributed by atoms with E-state index in [4.69, 9.17) is 9.47 Å². The number of benzene rings is 2. The second-order valence-corrected chi connectivity index (χ2v) is 11.1. The molecular formula is C29H42O3S. The highest BCUT2D eigenvalue weighted by atomic mass is 32.2. The maximum absolute atomic E-state index is 12.0. The Bertz CT molecular complexity index is 811. The maximum Gasteiger partial charge on any atom is 0.310 e. The predicted octanol–water partition coefficient (Wildman–Crippen LogP) is 7.60. The molecule has 0 radical (unpaired) electrons. The molecule has 33 heavy (non-hydrogen) atoms. The van der Waals surface area contributed by atoms with Crippen molar-refractivity contribution in [3.05, 3.63) is 71.3 Å². The first-order valence-electron chi connectivity index (χ1n) is 12.2. The Labute approximate surface area is 205 Å². The average molecular weight is 471 g/mol. The van der Waals surface area contributed by atoms with Crippen LogP contribution in [0, 0.1) is 5.92 Å². The first-order valence-corrected chi connectivity index (χ1v) is 13.4. The van der Waals surface area contributed by atoms with Crippen LogP contribution in [0.25, 0.3) is 0 Å². The van der Waals surface area contributed by atoms with Crippen molar-refractivity contribution in [3.8, 4) is 0 Å². The van der Waals surface area contributed by atoms with Crippen LogP contribution in [-0.2, 0) is 20.9 Å². The number of carbonyl (C=O) groups is 1. The van der Waals surface area contributed by atoms with Crippen LogP contribution in [0.1, 0.15) is 82.9 Å². The largest absolute Gasteiger partial charge is 0.460 e. The number of hydrogen-bond acceptors (Lipinski definition) is 4. The van der Waals surface area contributed by atoms with Crippen molar-refractivity contribution in [2.75, 3.05) is 18.1 Å². The van der Waals surface area contributed by atoms with Gasteiger partial charge in [-0.1, -0.05) is 75.4 Å². The Kier molecular flexibility index (Phi) is 11.5. The van der Waals surface area contributed by atoms with Crippen LogP contribution in [0.5, 0.6) is 0 Å². The highest BCUT2D eigenvalue weighted by Gasteiger charge is 2.21. The number of esters is 1. The van der Waals surface area contributed by atoms with E-state index in [-0.39, 0.29) is 11.9 Å². The van der Waals surface area contributed by atoms with E-state index in [9.17, 15) is 4.79 Å². The minimum Gasteiger partial charge on any atom is -0.460 e. The Morgan fingerprint density at radius 1 is 0.970 bits per heavy atom. The first kappa shape index (κ1) is 27.5. The van der Waals surface area contributed by atoms with Crippen LogP contribution < -0.4 is 0 Å². The summed E-state index contributed by atoms with van der Waals surface area (Å²) in [6.45, 7) is 13.5. The van der Waals surface area contributed by atoms with Crippen molar-refractivity contribution in [2.45, 2.75) is 78.4 Å². The number of thioether (sulfide) groups is 1.